The number of phenols is 1. The third kappa shape index (κ3) is 18.9. The molecule has 17 nitrogen and oxygen atoms in total. The van der Waals surface area contributed by atoms with Gasteiger partial charge < -0.3 is 50.2 Å². The SMILES string of the molecule is CCOC(=O)CC1OB(O)c2cc(O)cc(F)c21.CCOC(=O)CC1OB(O)c2cc(Oc3cnccn3)cc(F)c21.Clc1cnccn1.O=CO[O-].[2H]CF.[Cs+].[Cs+].[H-]. The van der Waals surface area contributed by atoms with Crippen molar-refractivity contribution in [3.8, 4) is 17.4 Å². The van der Waals surface area contributed by atoms with Gasteiger partial charge in [-0.05, 0) is 36.9 Å². The largest absolute Gasteiger partial charge is 1.00 e. The van der Waals surface area contributed by atoms with Crippen LogP contribution in [0.5, 0.6) is 17.4 Å². The molecule has 0 fully saturated rings. The van der Waals surface area contributed by atoms with Crippen LogP contribution in [0.4, 0.5) is 13.2 Å². The number of rotatable bonds is 9. The molecule has 0 spiro atoms. The van der Waals surface area contributed by atoms with Gasteiger partial charge >= 0.3 is 164 Å². The number of nitrogens with zero attached hydrogens (tertiary/aromatic N) is 4. The summed E-state index contributed by atoms with van der Waals surface area (Å²) < 4.78 is 69.0. The first-order chi connectivity index (χ1) is 26.8. The fourth-order valence-electron chi connectivity index (χ4n) is 4.76. The zero-order chi connectivity index (χ0) is 41.6. The molecule has 0 bridgehead atoms. The van der Waals surface area contributed by atoms with Gasteiger partial charge in [0.1, 0.15) is 28.3 Å². The van der Waals surface area contributed by atoms with E-state index in [1.165, 1.54) is 36.9 Å². The Morgan fingerprint density at radius 3 is 1.79 bits per heavy atom. The first kappa shape index (κ1) is 53.7. The molecule has 2 aromatic carbocycles. The minimum Gasteiger partial charge on any atom is -1.00 e. The third-order valence-electron chi connectivity index (χ3n) is 6.69. The first-order valence-electron chi connectivity index (χ1n) is 16.3. The van der Waals surface area contributed by atoms with E-state index in [4.69, 9.17) is 46.5 Å². The van der Waals surface area contributed by atoms with Crippen LogP contribution in [-0.4, -0.2) is 88.1 Å². The van der Waals surface area contributed by atoms with Crippen molar-refractivity contribution in [2.75, 3.05) is 20.4 Å². The molecule has 0 amide bonds. The summed E-state index contributed by atoms with van der Waals surface area (Å²) in [4.78, 5) is 49.3. The van der Waals surface area contributed by atoms with Crippen LogP contribution >= 0.6 is 11.6 Å². The first-order valence-corrected chi connectivity index (χ1v) is 16.0. The number of fused-ring (bicyclic) bond motifs is 2. The van der Waals surface area contributed by atoms with E-state index < -0.39 is 57.2 Å². The molecule has 0 aliphatic carbocycles. The van der Waals surface area contributed by atoms with Crippen molar-refractivity contribution < 1.29 is 217 Å². The van der Waals surface area contributed by atoms with Gasteiger partial charge in [0.15, 0.2) is 0 Å². The molecule has 0 saturated heterocycles. The Kier molecular flexibility index (Phi) is 28.9. The van der Waals surface area contributed by atoms with Gasteiger partial charge in [0.05, 0.1) is 59.2 Å². The van der Waals surface area contributed by atoms with Crippen LogP contribution in [0.3, 0.4) is 0 Å². The summed E-state index contributed by atoms with van der Waals surface area (Å²) in [6, 6.07) is 4.72. The summed E-state index contributed by atoms with van der Waals surface area (Å²) in [5.41, 5.74) is 0.570. The van der Waals surface area contributed by atoms with Gasteiger partial charge in [-0.1, -0.05) is 11.6 Å². The smallest absolute Gasteiger partial charge is 1.00 e. The molecule has 0 saturated carbocycles. The van der Waals surface area contributed by atoms with E-state index >= 15 is 0 Å². The predicted molar refractivity (Wildman–Crippen MR) is 184 cm³/mol. The molecule has 57 heavy (non-hydrogen) atoms. The van der Waals surface area contributed by atoms with Crippen molar-refractivity contribution in [2.24, 2.45) is 0 Å². The molecule has 2 aliphatic heterocycles. The molecule has 4 heterocycles. The second kappa shape index (κ2) is 30.7. The molecule has 2 aromatic heterocycles. The van der Waals surface area contributed by atoms with Crippen molar-refractivity contribution in [1.29, 1.82) is 0 Å². The van der Waals surface area contributed by atoms with Crippen molar-refractivity contribution in [3.05, 3.63) is 89.4 Å². The monoisotopic (exact) mass is 1060 g/mol. The summed E-state index contributed by atoms with van der Waals surface area (Å²) in [6.45, 7) is 3.59. The van der Waals surface area contributed by atoms with Crippen LogP contribution in [0.15, 0.2) is 61.4 Å². The average Bonchev–Trinajstić information content (AvgIpc) is 3.64. The van der Waals surface area contributed by atoms with Crippen molar-refractivity contribution >= 4 is 55.2 Å². The number of phenolic OH excluding ortho intramolecular Hbond substituents is 1. The van der Waals surface area contributed by atoms with Crippen LogP contribution in [0.2, 0.25) is 5.15 Å². The number of carbonyl (C=O) groups excluding carboxylic acids is 3. The number of aromatic hydroxyl groups is 1. The second-order valence-electron chi connectivity index (χ2n) is 10.2. The summed E-state index contributed by atoms with van der Waals surface area (Å²) in [5.74, 6) is -2.38. The molecule has 2 unspecified atom stereocenters. The predicted octanol–water partition coefficient (Wildman–Crippen LogP) is -4.37. The molecule has 2 atom stereocenters. The van der Waals surface area contributed by atoms with E-state index in [2.05, 4.69) is 24.8 Å². The molecular weight excluding hydrogens is 1030 g/mol. The Bertz CT molecular complexity index is 1860. The zero-order valence-corrected chi connectivity index (χ0v) is 44.2. The quantitative estimate of drug-likeness (QED) is 0.0472. The maximum absolute atomic E-state index is 14.5. The molecular formula is C32H34B2ClCs2F3N4O13. The van der Waals surface area contributed by atoms with Gasteiger partial charge in [-0.15, -0.1) is 0 Å². The Balaban J connectivity index is 0. The maximum Gasteiger partial charge on any atom is 1.00 e. The van der Waals surface area contributed by atoms with E-state index in [1.54, 1.807) is 26.2 Å². The molecule has 2 aliphatic rings. The van der Waals surface area contributed by atoms with Crippen LogP contribution in [0.25, 0.3) is 0 Å². The van der Waals surface area contributed by atoms with Gasteiger partial charge in [0.2, 0.25) is 5.88 Å². The standard InChI is InChI=1S/C15H14BFN2O5.C11H12BFO5.C4H3ClN2.CH3F.CH2O3.2Cs.H/c1-2-22-14(20)7-12-15-10(16(21)24-12)5-9(6-11(15)17)23-13-8-18-3-4-19-13;1-2-17-10(15)5-9-11-7(12(16)18-9)3-6(14)4-8(11)13;5-4-3-6-1-2-7-4;1-2;2-1-4-3;;;/h3-6,8,12,21H,2,7H2,1H3;3-4,9,14,16H,2,5H2,1H3;1-3H;1H3;1,3H;;;/q;;;;;2*+1;-1/p-1/i;;;1D;;;;. The van der Waals surface area contributed by atoms with E-state index in [0.717, 1.165) is 12.1 Å². The summed E-state index contributed by atoms with van der Waals surface area (Å²) in [6.07, 6.45) is 6.74. The van der Waals surface area contributed by atoms with Crippen molar-refractivity contribution in [1.82, 2.24) is 19.9 Å². The van der Waals surface area contributed by atoms with Gasteiger partial charge in [-0.25, -0.2) is 18.7 Å². The molecule has 4 aromatic rings. The van der Waals surface area contributed by atoms with Crippen molar-refractivity contribution in [3.63, 3.8) is 0 Å². The Morgan fingerprint density at radius 1 is 0.912 bits per heavy atom. The van der Waals surface area contributed by atoms with Crippen molar-refractivity contribution in [2.45, 2.75) is 38.9 Å². The van der Waals surface area contributed by atoms with Gasteiger partial charge in [0.25, 0.3) is 6.47 Å². The molecule has 6 rings (SSSR count). The van der Waals surface area contributed by atoms with E-state index in [1.807, 2.05) is 0 Å². The van der Waals surface area contributed by atoms with E-state index in [0.29, 0.717) is 5.15 Å². The Morgan fingerprint density at radius 2 is 1.39 bits per heavy atom. The topological polar surface area (TPSA) is 242 Å². The van der Waals surface area contributed by atoms with Gasteiger partial charge in [0, 0.05) is 48.0 Å². The fourth-order valence-corrected chi connectivity index (χ4v) is 4.87. The number of esters is 2. The zero-order valence-electron chi connectivity index (χ0n) is 32.9. The number of ether oxygens (including phenoxy) is 3. The molecule has 25 heteroatoms. The summed E-state index contributed by atoms with van der Waals surface area (Å²) >= 11 is 5.37. The van der Waals surface area contributed by atoms with Crippen LogP contribution in [-0.2, 0) is 38.1 Å². The normalized spacial score (nSPS) is 14.1. The van der Waals surface area contributed by atoms with Crippen LogP contribution < -0.4 is 159 Å². The minimum atomic E-state index is -1.35. The minimum absolute atomic E-state index is 0. The summed E-state index contributed by atoms with van der Waals surface area (Å²) in [7, 11) is -3.69. The van der Waals surface area contributed by atoms with Crippen LogP contribution in [0, 0.1) is 11.6 Å². The summed E-state index contributed by atoms with van der Waals surface area (Å²) in [5, 5.41) is 37.7. The molecule has 296 valence electrons. The van der Waals surface area contributed by atoms with Crippen LogP contribution in [0.1, 0.15) is 52.8 Å². The van der Waals surface area contributed by atoms with E-state index in [-0.39, 0.29) is 211 Å². The maximum atomic E-state index is 14.5. The third-order valence-corrected chi connectivity index (χ3v) is 6.89. The Hall–Kier alpha value is -1.28. The number of hydrogen-bond acceptors (Lipinski definition) is 17. The molecule has 3 N–H and O–H groups in total. The number of alkyl halides is 1. The fraction of sp³-hybridized carbons (Fsp3) is 0.281. The van der Waals surface area contributed by atoms with Gasteiger partial charge in [-0.3, -0.25) is 28.7 Å². The number of benzene rings is 2. The number of aromatic nitrogens is 4. The molecule has 0 radical (unpaired) electrons. The number of hydrogen-bond donors (Lipinski definition) is 3. The Labute approximate surface area is 450 Å². The van der Waals surface area contributed by atoms with E-state index in [9.17, 15) is 37.9 Å². The number of halogens is 4. The average molecular weight is 1060 g/mol. The van der Waals surface area contributed by atoms with Gasteiger partial charge in [-0.2, -0.15) is 0 Å². The second-order valence-corrected chi connectivity index (χ2v) is 10.6. The number of carbonyl (C=O) groups is 3.